The molecule has 0 aromatic heterocycles. The monoisotopic (exact) mass is 1580 g/mol. The quantitative estimate of drug-likeness (QED) is 0.0125. The van der Waals surface area contributed by atoms with Gasteiger partial charge < -0.3 is 132 Å². The lowest BCUT2D eigenvalue weighted by Crippen LogP contribution is -2.61. The summed E-state index contributed by atoms with van der Waals surface area (Å²) in [6.07, 6.45) is -4.86. The molecule has 0 saturated carbocycles. The van der Waals surface area contributed by atoms with Gasteiger partial charge in [-0.3, -0.25) is 92.1 Å². The van der Waals surface area contributed by atoms with E-state index in [1.54, 1.807) is 13.8 Å². The van der Waals surface area contributed by atoms with Gasteiger partial charge in [0, 0.05) is 39.0 Å². The largest absolute Gasteiger partial charge is 0.481 e. The summed E-state index contributed by atoms with van der Waals surface area (Å²) in [7, 11) is -4.95. The summed E-state index contributed by atoms with van der Waals surface area (Å²) in [4.78, 5) is 227. The molecule has 47 nitrogen and oxygen atoms in total. The number of aliphatic hydroxyl groups excluding tert-OH is 2. The van der Waals surface area contributed by atoms with Gasteiger partial charge in [0.2, 0.25) is 82.7 Å². The Morgan fingerprint density at radius 3 is 1.39 bits per heavy atom. The molecule has 2 saturated heterocycles. The van der Waals surface area contributed by atoms with Gasteiger partial charge in [0.1, 0.15) is 72.2 Å². The van der Waals surface area contributed by atoms with Crippen LogP contribution in [-0.2, 0) is 98.3 Å². The number of hydrogen-bond acceptors (Lipinski definition) is 25. The number of aliphatic hydroxyl groups is 2. The minimum atomic E-state index is -4.95. The minimum absolute atomic E-state index is 0.0123. The molecule has 3 rings (SSSR count). The SMILES string of the molecule is CC(C)C[C@H](NC(=O)[C@H](CCCNC(=N)N)NC(=O)[C@@H]1CCCN1C(=O)[C@H](CO)NC(=O)[C@@H]1CCCN1C(=O)[C@H](CO)NC(=O)[C@H](CC(N)=O)NC(=O)[C@H](CC(N)=O)NC(=O)CNC(=O)[C@H](Cc1ccc(OS(=O)(=O)O)cc1)NC(=O)[C@@H](N)CC(=O)O)C(=O)N[C@@H](CCC(=O)O)C(=O)N[C@@H](CCCNC(=N)N)C(=O)O. The fourth-order valence-electron chi connectivity index (χ4n) is 11.3. The highest BCUT2D eigenvalue weighted by Crippen LogP contribution is 2.23. The number of benzene rings is 1. The van der Waals surface area contributed by atoms with Crippen LogP contribution in [0.4, 0.5) is 0 Å². The zero-order valence-corrected chi connectivity index (χ0v) is 60.7. The Labute approximate surface area is 628 Å². The van der Waals surface area contributed by atoms with E-state index < -0.39 is 254 Å². The van der Waals surface area contributed by atoms with Crippen LogP contribution in [0.1, 0.15) is 109 Å². The zero-order valence-electron chi connectivity index (χ0n) is 59.9. The maximum atomic E-state index is 14.3. The predicted molar refractivity (Wildman–Crippen MR) is 376 cm³/mol. The Morgan fingerprint density at radius 2 is 0.936 bits per heavy atom. The average molecular weight is 1580 g/mol. The number of hydrogen-bond donors (Lipinski definition) is 25. The van der Waals surface area contributed by atoms with Gasteiger partial charge >= 0.3 is 28.3 Å². The van der Waals surface area contributed by atoms with Crippen LogP contribution in [0.2, 0.25) is 0 Å². The Morgan fingerprint density at radius 1 is 0.518 bits per heavy atom. The van der Waals surface area contributed by atoms with E-state index in [1.807, 2.05) is 0 Å². The van der Waals surface area contributed by atoms with Crippen molar-refractivity contribution in [2.75, 3.05) is 45.9 Å². The first-order chi connectivity index (χ1) is 51.5. The van der Waals surface area contributed by atoms with Crippen molar-refractivity contribution in [3.8, 4) is 5.75 Å². The molecule has 48 heteroatoms. The first-order valence-corrected chi connectivity index (χ1v) is 35.6. The second-order valence-electron chi connectivity index (χ2n) is 25.8. The minimum Gasteiger partial charge on any atom is -0.481 e. The highest BCUT2D eigenvalue weighted by atomic mass is 32.3. The Bertz CT molecular complexity index is 3650. The third-order valence-electron chi connectivity index (χ3n) is 16.6. The molecule has 30 N–H and O–H groups in total. The Hall–Kier alpha value is -11.7. The molecule has 0 bridgehead atoms. The number of carbonyl (C=O) groups is 17. The van der Waals surface area contributed by atoms with Crippen molar-refractivity contribution in [2.24, 2.45) is 34.6 Å². The maximum absolute atomic E-state index is 14.3. The lowest BCUT2D eigenvalue weighted by atomic mass is 10.0. The van der Waals surface area contributed by atoms with E-state index in [-0.39, 0.29) is 101 Å². The van der Waals surface area contributed by atoms with E-state index >= 15 is 0 Å². The van der Waals surface area contributed by atoms with Crippen molar-refractivity contribution < 1.29 is 124 Å². The van der Waals surface area contributed by atoms with E-state index in [4.69, 9.17) is 49.1 Å². The standard InChI is InChI=1S/C62H97N21O26S/c1-29(2)21-36(53(97)74-34(15-16-47(89)90)52(96)76-35(60(104)105)8-4-18-71-62(68)69)78-51(95)33(7-3-17-70-61(66)67)75-56(100)42-9-5-19-82(42)59(103)41(28-85)81-57(101)43-10-6-20-83(43)58(102)40(27-84)80-55(99)39(25-45(65)87)79-54(98)38(24-44(64)86)73-46(88)26-72-50(94)37(77-49(93)32(63)23-48(91)92)22-30-11-13-31(14-12-30)109-110(106,107)108/h11-14,29,32-43,84-85H,3-10,15-28,63H2,1-2H3,(H2,64,86)(H2,65,87)(H,72,94)(H,73,88)(H,74,97)(H,75,100)(H,76,96)(H,77,93)(H,78,95)(H,79,98)(H,80,99)(H,81,101)(H,89,90)(H,91,92)(H,104,105)(H4,66,67,70)(H4,68,69,71)(H,106,107,108)/t32-,33-,34-,35-,36-,37-,38-,39-,40-,41-,42-,43-/m0/s1. The molecule has 110 heavy (non-hydrogen) atoms. The van der Waals surface area contributed by atoms with E-state index in [0.717, 1.165) is 21.9 Å². The van der Waals surface area contributed by atoms with Crippen LogP contribution in [0, 0.1) is 16.7 Å². The number of likely N-dealkylation sites (tertiary alicyclic amines) is 2. The first kappa shape index (κ1) is 92.5. The molecule has 2 aliphatic rings. The Balaban J connectivity index is 1.79. The van der Waals surface area contributed by atoms with Crippen LogP contribution < -0.4 is 96.7 Å². The lowest BCUT2D eigenvalue weighted by Gasteiger charge is -2.32. The third-order valence-corrected chi connectivity index (χ3v) is 17.0. The number of amides is 14. The number of nitrogens with two attached hydrogens (primary N) is 5. The van der Waals surface area contributed by atoms with Crippen LogP contribution in [0.25, 0.3) is 0 Å². The van der Waals surface area contributed by atoms with Crippen molar-refractivity contribution in [3.05, 3.63) is 29.8 Å². The molecule has 612 valence electrons. The molecule has 0 unspecified atom stereocenters. The fourth-order valence-corrected chi connectivity index (χ4v) is 11.6. The van der Waals surface area contributed by atoms with Crippen molar-refractivity contribution in [2.45, 2.75) is 183 Å². The second-order valence-corrected chi connectivity index (χ2v) is 26.9. The summed E-state index contributed by atoms with van der Waals surface area (Å²) < 4.78 is 35.6. The first-order valence-electron chi connectivity index (χ1n) is 34.3. The number of rotatable bonds is 48. The van der Waals surface area contributed by atoms with Gasteiger partial charge in [0.25, 0.3) is 0 Å². The van der Waals surface area contributed by atoms with Crippen molar-refractivity contribution in [1.82, 2.24) is 73.6 Å². The number of guanidine groups is 2. The molecule has 0 aliphatic carbocycles. The van der Waals surface area contributed by atoms with E-state index in [9.17, 15) is 110 Å². The smallest absolute Gasteiger partial charge is 0.446 e. The summed E-state index contributed by atoms with van der Waals surface area (Å²) in [6.45, 7) is -0.320. The molecular weight excluding hydrogens is 1490 g/mol. The normalized spacial score (nSPS) is 16.6. The van der Waals surface area contributed by atoms with Gasteiger partial charge in [-0.15, -0.1) is 0 Å². The molecule has 0 radical (unpaired) electrons. The molecule has 2 heterocycles. The van der Waals surface area contributed by atoms with Gasteiger partial charge in [-0.05, 0) is 87.8 Å². The number of carboxylic acids is 3. The predicted octanol–water partition coefficient (Wildman–Crippen LogP) is -11.1. The molecule has 1 aromatic carbocycles. The van der Waals surface area contributed by atoms with Gasteiger partial charge in [-0.2, -0.15) is 8.42 Å². The van der Waals surface area contributed by atoms with Gasteiger partial charge in [0.15, 0.2) is 11.9 Å². The lowest BCUT2D eigenvalue weighted by molar-refractivity contribution is -0.145. The molecule has 2 fully saturated rings. The number of primary amides is 2. The molecule has 0 spiro atoms. The van der Waals surface area contributed by atoms with E-state index in [0.29, 0.717) is 0 Å². The van der Waals surface area contributed by atoms with Crippen LogP contribution >= 0.6 is 0 Å². The Kier molecular flexibility index (Phi) is 38.0. The number of carbonyl (C=O) groups excluding carboxylic acids is 14. The molecule has 1 aromatic rings. The molecule has 14 amide bonds. The molecule has 12 atom stereocenters. The van der Waals surface area contributed by atoms with Crippen molar-refractivity contribution in [1.29, 1.82) is 10.8 Å². The van der Waals surface area contributed by atoms with Crippen molar-refractivity contribution >= 4 is 123 Å². The number of carboxylic acid groups (broad SMARTS) is 3. The van der Waals surface area contributed by atoms with Gasteiger partial charge in [0.05, 0.1) is 45.1 Å². The fraction of sp³-hybridized carbons (Fsp3) is 0.597. The topological polar surface area (TPSA) is 784 Å². The van der Waals surface area contributed by atoms with E-state index in [2.05, 4.69) is 68.0 Å². The maximum Gasteiger partial charge on any atom is 0.446 e. The second kappa shape index (κ2) is 45.2. The van der Waals surface area contributed by atoms with E-state index in [1.165, 1.54) is 12.1 Å². The average Bonchev–Trinajstić information content (AvgIpc) is 1.63. The third kappa shape index (κ3) is 32.8. The van der Waals surface area contributed by atoms with Crippen LogP contribution in [0.15, 0.2) is 24.3 Å². The highest BCUT2D eigenvalue weighted by Gasteiger charge is 2.44. The zero-order chi connectivity index (χ0) is 82.9. The highest BCUT2D eigenvalue weighted by molar-refractivity contribution is 7.81. The summed E-state index contributed by atoms with van der Waals surface area (Å²) >= 11 is 0. The summed E-state index contributed by atoms with van der Waals surface area (Å²) in [6, 6.07) is -15.8. The van der Waals surface area contributed by atoms with Gasteiger partial charge in [-0.25, -0.2) is 4.79 Å². The van der Waals surface area contributed by atoms with Crippen LogP contribution in [0.5, 0.6) is 5.75 Å². The van der Waals surface area contributed by atoms with Crippen LogP contribution in [-0.4, -0.2) is 279 Å². The van der Waals surface area contributed by atoms with Crippen molar-refractivity contribution in [3.63, 3.8) is 0 Å². The summed E-state index contributed by atoms with van der Waals surface area (Å²) in [5.41, 5.74) is 27.3. The number of aliphatic carboxylic acids is 3. The van der Waals surface area contributed by atoms with Gasteiger partial charge in [-0.1, -0.05) is 26.0 Å². The van der Waals surface area contributed by atoms with Crippen LogP contribution in [0.3, 0.4) is 0 Å². The number of nitrogens with one attached hydrogen (secondary N) is 14. The molecule has 2 aliphatic heterocycles. The number of nitrogens with zero attached hydrogens (tertiary/aromatic N) is 2. The summed E-state index contributed by atoms with van der Waals surface area (Å²) in [5, 5.41) is 92.2. The summed E-state index contributed by atoms with van der Waals surface area (Å²) in [5.74, 6) is -22.0. The molecular formula is C62H97N21O26S.